The molecule has 4 nitrogen and oxygen atoms in total. The number of hydrogen-bond acceptors (Lipinski definition) is 4. The second-order valence-corrected chi connectivity index (χ2v) is 5.54. The highest BCUT2D eigenvalue weighted by Crippen LogP contribution is 2.31. The molecule has 0 amide bonds. The third-order valence-electron chi connectivity index (χ3n) is 4.30. The summed E-state index contributed by atoms with van der Waals surface area (Å²) in [5, 5.41) is 3.40. The summed E-state index contributed by atoms with van der Waals surface area (Å²) in [4.78, 5) is 13.9. The number of esters is 1. The molecule has 0 saturated heterocycles. The molecule has 1 saturated carbocycles. The maximum absolute atomic E-state index is 11.6. The third kappa shape index (κ3) is 3.69. The molecule has 1 rings (SSSR count). The Bertz CT molecular complexity index is 261. The lowest BCUT2D eigenvalue weighted by molar-refractivity contribution is -0.143. The van der Waals surface area contributed by atoms with E-state index < -0.39 is 0 Å². The number of methoxy groups -OCH3 is 1. The summed E-state index contributed by atoms with van der Waals surface area (Å²) in [6.07, 6.45) is 7.11. The summed E-state index contributed by atoms with van der Waals surface area (Å²) < 4.78 is 4.82. The van der Waals surface area contributed by atoms with E-state index in [-0.39, 0.29) is 17.6 Å². The number of rotatable bonds is 6. The van der Waals surface area contributed by atoms with Crippen molar-refractivity contribution < 1.29 is 9.53 Å². The van der Waals surface area contributed by atoms with Crippen molar-refractivity contribution in [2.75, 3.05) is 27.7 Å². The number of hydrogen-bond donors (Lipinski definition) is 1. The minimum Gasteiger partial charge on any atom is -0.468 e. The lowest BCUT2D eigenvalue weighted by Crippen LogP contribution is -2.55. The lowest BCUT2D eigenvalue weighted by Gasteiger charge is -2.43. The van der Waals surface area contributed by atoms with Gasteiger partial charge in [0, 0.05) is 12.1 Å². The fraction of sp³-hybridized carbons (Fsp3) is 0.929. The van der Waals surface area contributed by atoms with Crippen LogP contribution in [-0.4, -0.2) is 50.2 Å². The van der Waals surface area contributed by atoms with Crippen LogP contribution in [0.1, 0.15) is 45.4 Å². The van der Waals surface area contributed by atoms with Gasteiger partial charge in [0.1, 0.15) is 6.04 Å². The van der Waals surface area contributed by atoms with Gasteiger partial charge in [-0.25, -0.2) is 0 Å². The van der Waals surface area contributed by atoms with Crippen molar-refractivity contribution in [3.8, 4) is 0 Å². The van der Waals surface area contributed by atoms with E-state index in [9.17, 15) is 4.79 Å². The molecule has 0 bridgehead atoms. The van der Waals surface area contributed by atoms with Crippen LogP contribution in [0.15, 0.2) is 0 Å². The first-order valence-corrected chi connectivity index (χ1v) is 7.04. The maximum atomic E-state index is 11.6. The zero-order valence-electron chi connectivity index (χ0n) is 12.3. The van der Waals surface area contributed by atoms with E-state index in [2.05, 4.69) is 24.3 Å². The van der Waals surface area contributed by atoms with Gasteiger partial charge in [0.15, 0.2) is 0 Å². The smallest absolute Gasteiger partial charge is 0.322 e. The molecule has 1 aliphatic rings. The quantitative estimate of drug-likeness (QED) is 0.736. The average molecular weight is 256 g/mol. The second kappa shape index (κ2) is 7.10. The average Bonchev–Trinajstić information content (AvgIpc) is 2.40. The highest BCUT2D eigenvalue weighted by molar-refractivity contribution is 5.75. The summed E-state index contributed by atoms with van der Waals surface area (Å²) in [7, 11) is 5.74. The molecule has 1 N–H and O–H groups in total. The summed E-state index contributed by atoms with van der Waals surface area (Å²) in [5.41, 5.74) is 0.208. The molecule has 1 aliphatic carbocycles. The Hall–Kier alpha value is -0.610. The molecule has 0 aromatic carbocycles. The predicted molar refractivity (Wildman–Crippen MR) is 73.6 cm³/mol. The minimum absolute atomic E-state index is 0.151. The third-order valence-corrected chi connectivity index (χ3v) is 4.30. The van der Waals surface area contributed by atoms with Gasteiger partial charge >= 0.3 is 5.97 Å². The number of nitrogens with one attached hydrogen (secondary N) is 1. The molecule has 1 fully saturated rings. The Morgan fingerprint density at radius 2 is 1.94 bits per heavy atom. The van der Waals surface area contributed by atoms with Gasteiger partial charge in [0.05, 0.1) is 7.11 Å². The van der Waals surface area contributed by atoms with Crippen molar-refractivity contribution in [3.05, 3.63) is 0 Å². The molecular formula is C14H28N2O2. The minimum atomic E-state index is -0.172. The van der Waals surface area contributed by atoms with Gasteiger partial charge in [0.2, 0.25) is 0 Å². The van der Waals surface area contributed by atoms with Crippen molar-refractivity contribution in [1.82, 2.24) is 10.2 Å². The Morgan fingerprint density at radius 1 is 1.33 bits per heavy atom. The summed E-state index contributed by atoms with van der Waals surface area (Å²) in [5.74, 6) is -0.151. The summed E-state index contributed by atoms with van der Waals surface area (Å²) in [6, 6.07) is -0.172. The molecule has 0 aromatic heterocycles. The molecular weight excluding hydrogens is 228 g/mol. The normalized spacial score (nSPS) is 20.7. The van der Waals surface area contributed by atoms with Gasteiger partial charge in [-0.15, -0.1) is 0 Å². The summed E-state index contributed by atoms with van der Waals surface area (Å²) in [6.45, 7) is 2.88. The van der Waals surface area contributed by atoms with E-state index in [0.717, 1.165) is 13.0 Å². The number of nitrogens with zero attached hydrogens (tertiary/aromatic N) is 1. The standard InChI is InChI=1S/C14H28N2O2/c1-5-12(13(17)18-4)15-11-14(16(2)3)9-7-6-8-10-14/h12,15H,5-11H2,1-4H3. The molecule has 0 spiro atoms. The molecule has 106 valence electrons. The van der Waals surface area contributed by atoms with Crippen LogP contribution in [0.3, 0.4) is 0 Å². The van der Waals surface area contributed by atoms with Gasteiger partial charge in [-0.1, -0.05) is 26.2 Å². The highest BCUT2D eigenvalue weighted by Gasteiger charge is 2.35. The van der Waals surface area contributed by atoms with Crippen LogP contribution >= 0.6 is 0 Å². The number of ether oxygens (including phenoxy) is 1. The van der Waals surface area contributed by atoms with Crippen molar-refractivity contribution >= 4 is 5.97 Å². The van der Waals surface area contributed by atoms with E-state index in [1.165, 1.54) is 39.2 Å². The van der Waals surface area contributed by atoms with Gasteiger partial charge in [0.25, 0.3) is 0 Å². The fourth-order valence-electron chi connectivity index (χ4n) is 2.84. The van der Waals surface area contributed by atoms with E-state index in [1.807, 2.05) is 6.92 Å². The van der Waals surface area contributed by atoms with E-state index in [4.69, 9.17) is 4.74 Å². The topological polar surface area (TPSA) is 41.6 Å². The molecule has 1 unspecified atom stereocenters. The van der Waals surface area contributed by atoms with E-state index in [0.29, 0.717) is 0 Å². The van der Waals surface area contributed by atoms with Crippen LogP contribution in [0.25, 0.3) is 0 Å². The van der Waals surface area contributed by atoms with E-state index >= 15 is 0 Å². The number of likely N-dealkylation sites (N-methyl/N-ethyl adjacent to an activating group) is 1. The largest absolute Gasteiger partial charge is 0.468 e. The first kappa shape index (κ1) is 15.4. The first-order valence-electron chi connectivity index (χ1n) is 7.04. The van der Waals surface area contributed by atoms with Crippen LogP contribution in [-0.2, 0) is 9.53 Å². The molecule has 0 aliphatic heterocycles. The van der Waals surface area contributed by atoms with Gasteiger partial charge in [-0.3, -0.25) is 4.79 Å². The molecule has 18 heavy (non-hydrogen) atoms. The van der Waals surface area contributed by atoms with Crippen molar-refractivity contribution in [2.45, 2.75) is 57.0 Å². The Balaban J connectivity index is 2.58. The van der Waals surface area contributed by atoms with Gasteiger partial charge < -0.3 is 15.0 Å². The Morgan fingerprint density at radius 3 is 2.39 bits per heavy atom. The lowest BCUT2D eigenvalue weighted by atomic mass is 9.80. The Kier molecular flexibility index (Phi) is 6.09. The Labute approximate surface area is 111 Å². The monoisotopic (exact) mass is 256 g/mol. The molecule has 0 heterocycles. The molecule has 0 radical (unpaired) electrons. The fourth-order valence-corrected chi connectivity index (χ4v) is 2.84. The van der Waals surface area contributed by atoms with Crippen molar-refractivity contribution in [3.63, 3.8) is 0 Å². The molecule has 0 aromatic rings. The van der Waals surface area contributed by atoms with Crippen LogP contribution in [0, 0.1) is 0 Å². The number of carbonyl (C=O) groups is 1. The van der Waals surface area contributed by atoms with Crippen molar-refractivity contribution in [1.29, 1.82) is 0 Å². The first-order chi connectivity index (χ1) is 8.55. The maximum Gasteiger partial charge on any atom is 0.322 e. The van der Waals surface area contributed by atoms with Gasteiger partial charge in [-0.05, 0) is 33.4 Å². The zero-order chi connectivity index (χ0) is 13.6. The molecule has 1 atom stereocenters. The zero-order valence-corrected chi connectivity index (χ0v) is 12.3. The van der Waals surface area contributed by atoms with Crippen LogP contribution in [0.5, 0.6) is 0 Å². The SMILES string of the molecule is CCC(NCC1(N(C)C)CCCCC1)C(=O)OC. The van der Waals surface area contributed by atoms with Crippen LogP contribution < -0.4 is 5.32 Å². The van der Waals surface area contributed by atoms with E-state index in [1.54, 1.807) is 0 Å². The summed E-state index contributed by atoms with van der Waals surface area (Å²) >= 11 is 0. The highest BCUT2D eigenvalue weighted by atomic mass is 16.5. The molecule has 4 heteroatoms. The number of carbonyl (C=O) groups excluding carboxylic acids is 1. The predicted octanol–water partition coefficient (Wildman–Crippen LogP) is 1.79. The van der Waals surface area contributed by atoms with Crippen LogP contribution in [0.2, 0.25) is 0 Å². The second-order valence-electron chi connectivity index (χ2n) is 5.54. The van der Waals surface area contributed by atoms with Crippen LogP contribution in [0.4, 0.5) is 0 Å². The van der Waals surface area contributed by atoms with Crippen molar-refractivity contribution in [2.24, 2.45) is 0 Å². The van der Waals surface area contributed by atoms with Gasteiger partial charge in [-0.2, -0.15) is 0 Å².